The second-order valence-electron chi connectivity index (χ2n) is 9.39. The number of unbranched alkanes of at least 4 members (excludes halogenated alkanes) is 1. The number of carboxylic acids is 1. The van der Waals surface area contributed by atoms with Crippen LogP contribution in [0.4, 0.5) is 4.79 Å². The quantitative estimate of drug-likeness (QED) is 0.291. The Morgan fingerprint density at radius 3 is 2.15 bits per heavy atom. The fourth-order valence-electron chi connectivity index (χ4n) is 4.10. The maximum Gasteiger partial charge on any atom is 0.407 e. The van der Waals surface area contributed by atoms with Crippen molar-refractivity contribution < 1.29 is 29.3 Å². The number of rotatable bonds is 11. The zero-order valence-corrected chi connectivity index (χ0v) is 19.9. The third-order valence-electron chi connectivity index (χ3n) is 5.61. The van der Waals surface area contributed by atoms with E-state index >= 15 is 0 Å². The van der Waals surface area contributed by atoms with E-state index in [0.717, 1.165) is 22.3 Å². The summed E-state index contributed by atoms with van der Waals surface area (Å²) in [6.07, 6.45) is -0.520. The summed E-state index contributed by atoms with van der Waals surface area (Å²) >= 11 is 0. The molecular formula is C26H34N2O6. The molecule has 34 heavy (non-hydrogen) atoms. The number of carbonyl (C=O) groups excluding carboxylic acids is 1. The first-order valence-electron chi connectivity index (χ1n) is 11.6. The van der Waals surface area contributed by atoms with Crippen molar-refractivity contribution >= 4 is 12.1 Å². The fraction of sp³-hybridized carbons (Fsp3) is 0.462. The number of alkyl carbamates (subject to hydrolysis) is 1. The van der Waals surface area contributed by atoms with Crippen molar-refractivity contribution in [1.82, 2.24) is 10.6 Å². The van der Waals surface area contributed by atoms with Crippen LogP contribution in [-0.2, 0) is 14.3 Å². The number of hydrogen-bond donors (Lipinski definition) is 4. The van der Waals surface area contributed by atoms with E-state index in [1.54, 1.807) is 20.8 Å². The third kappa shape index (κ3) is 7.03. The van der Waals surface area contributed by atoms with Gasteiger partial charge in [-0.1, -0.05) is 48.5 Å². The maximum absolute atomic E-state index is 11.7. The number of aliphatic carboxylic acids is 1. The van der Waals surface area contributed by atoms with Gasteiger partial charge in [0.2, 0.25) is 6.41 Å². The number of carbonyl (C=O) groups is 2. The summed E-state index contributed by atoms with van der Waals surface area (Å²) < 4.78 is 10.8. The summed E-state index contributed by atoms with van der Waals surface area (Å²) in [6, 6.07) is 15.2. The number of amides is 1. The minimum absolute atomic E-state index is 0.0361. The van der Waals surface area contributed by atoms with Gasteiger partial charge in [0.1, 0.15) is 11.6 Å². The first-order valence-corrected chi connectivity index (χ1v) is 11.6. The van der Waals surface area contributed by atoms with E-state index in [9.17, 15) is 19.8 Å². The summed E-state index contributed by atoms with van der Waals surface area (Å²) in [5, 5.41) is 25.1. The first kappa shape index (κ1) is 25.7. The molecule has 184 valence electrons. The van der Waals surface area contributed by atoms with Gasteiger partial charge < -0.3 is 25.0 Å². The molecule has 8 heteroatoms. The average molecular weight is 471 g/mol. The molecule has 0 fully saturated rings. The highest BCUT2D eigenvalue weighted by atomic mass is 16.6. The number of hydrogen-bond acceptors (Lipinski definition) is 6. The predicted octanol–water partition coefficient (Wildman–Crippen LogP) is 3.83. The van der Waals surface area contributed by atoms with Gasteiger partial charge in [-0.05, 0) is 62.3 Å². The molecule has 0 spiro atoms. The van der Waals surface area contributed by atoms with Crippen LogP contribution >= 0.6 is 0 Å². The van der Waals surface area contributed by atoms with Crippen LogP contribution in [0.25, 0.3) is 11.1 Å². The van der Waals surface area contributed by atoms with Crippen molar-refractivity contribution in [3.63, 3.8) is 0 Å². The lowest BCUT2D eigenvalue weighted by Crippen LogP contribution is -2.45. The molecule has 2 unspecified atom stereocenters. The molecule has 8 nitrogen and oxygen atoms in total. The molecule has 4 N–H and O–H groups in total. The molecule has 1 amide bonds. The molecule has 2 aromatic carbocycles. The van der Waals surface area contributed by atoms with Crippen LogP contribution in [0.15, 0.2) is 48.5 Å². The molecule has 3 rings (SSSR count). The van der Waals surface area contributed by atoms with Crippen LogP contribution in [0, 0.1) is 0 Å². The zero-order chi connectivity index (χ0) is 24.7. The Hall–Kier alpha value is -2.94. The summed E-state index contributed by atoms with van der Waals surface area (Å²) in [7, 11) is 0. The van der Waals surface area contributed by atoms with Gasteiger partial charge >= 0.3 is 12.1 Å². The summed E-state index contributed by atoms with van der Waals surface area (Å²) in [5.41, 5.74) is 3.99. The average Bonchev–Trinajstić information content (AvgIpc) is 3.09. The van der Waals surface area contributed by atoms with Crippen LogP contribution < -0.4 is 10.6 Å². The molecule has 1 aliphatic carbocycles. The van der Waals surface area contributed by atoms with Crippen molar-refractivity contribution in [3.8, 4) is 11.1 Å². The number of aliphatic hydroxyl groups is 1. The Kier molecular flexibility index (Phi) is 8.66. The Labute approximate surface area is 200 Å². The largest absolute Gasteiger partial charge is 0.480 e. The van der Waals surface area contributed by atoms with Gasteiger partial charge in [0.15, 0.2) is 0 Å². The third-order valence-corrected chi connectivity index (χ3v) is 5.61. The molecule has 0 saturated carbocycles. The van der Waals surface area contributed by atoms with E-state index in [4.69, 9.17) is 9.47 Å². The van der Waals surface area contributed by atoms with Crippen molar-refractivity contribution in [1.29, 1.82) is 0 Å². The van der Waals surface area contributed by atoms with E-state index < -0.39 is 30.1 Å². The summed E-state index contributed by atoms with van der Waals surface area (Å²) in [4.78, 5) is 23.3. The lowest BCUT2D eigenvalue weighted by Gasteiger charge is -2.22. The van der Waals surface area contributed by atoms with Crippen molar-refractivity contribution in [2.24, 2.45) is 0 Å². The second-order valence-corrected chi connectivity index (χ2v) is 9.39. The normalized spacial score (nSPS) is 14.7. The highest BCUT2D eigenvalue weighted by Gasteiger charge is 2.29. The molecule has 2 atom stereocenters. The summed E-state index contributed by atoms with van der Waals surface area (Å²) in [5.74, 6) is -1.11. The van der Waals surface area contributed by atoms with Crippen molar-refractivity contribution in [2.45, 2.75) is 64.0 Å². The SMILES string of the molecule is CC(C)(C)OC(=O)NCCCCC(NC(O)OCC1c2ccccc2-c2ccccc21)C(=O)O. The van der Waals surface area contributed by atoms with E-state index in [2.05, 4.69) is 34.9 Å². The van der Waals surface area contributed by atoms with Gasteiger partial charge in [0, 0.05) is 12.5 Å². The molecule has 0 radical (unpaired) electrons. The van der Waals surface area contributed by atoms with Gasteiger partial charge in [-0.25, -0.2) is 4.79 Å². The number of fused-ring (bicyclic) bond motifs is 3. The van der Waals surface area contributed by atoms with Crippen molar-refractivity contribution in [2.75, 3.05) is 13.2 Å². The van der Waals surface area contributed by atoms with E-state index in [0.29, 0.717) is 19.4 Å². The van der Waals surface area contributed by atoms with Gasteiger partial charge in [0.25, 0.3) is 0 Å². The van der Waals surface area contributed by atoms with E-state index in [1.807, 2.05) is 24.3 Å². The van der Waals surface area contributed by atoms with Crippen LogP contribution in [0.3, 0.4) is 0 Å². The monoisotopic (exact) mass is 470 g/mol. The van der Waals surface area contributed by atoms with Gasteiger partial charge in [-0.15, -0.1) is 0 Å². The van der Waals surface area contributed by atoms with Crippen molar-refractivity contribution in [3.05, 3.63) is 59.7 Å². The molecule has 0 aromatic heterocycles. The standard InChI is InChI=1S/C26H34N2O6/c1-26(2,3)34-24(31)27-15-9-8-14-22(23(29)30)28-25(32)33-16-21-19-12-6-4-10-17(19)18-11-5-7-13-20(18)21/h4-7,10-13,21-22,25,28,32H,8-9,14-16H2,1-3H3,(H,27,31)(H,29,30). The molecular weight excluding hydrogens is 436 g/mol. The smallest absolute Gasteiger partial charge is 0.407 e. The number of benzene rings is 2. The van der Waals surface area contributed by atoms with Crippen LogP contribution in [-0.4, -0.2) is 53.5 Å². The molecule has 2 aromatic rings. The minimum Gasteiger partial charge on any atom is -0.480 e. The number of carboxylic acid groups (broad SMARTS) is 1. The number of ether oxygens (including phenoxy) is 2. The number of nitrogens with one attached hydrogen (secondary N) is 2. The van der Waals surface area contributed by atoms with Crippen LogP contribution in [0.2, 0.25) is 0 Å². The highest BCUT2D eigenvalue weighted by Crippen LogP contribution is 2.44. The maximum atomic E-state index is 11.7. The fourth-order valence-corrected chi connectivity index (χ4v) is 4.10. The molecule has 0 heterocycles. The molecule has 0 saturated heterocycles. The minimum atomic E-state index is -1.42. The lowest BCUT2D eigenvalue weighted by molar-refractivity contribution is -0.152. The topological polar surface area (TPSA) is 117 Å². The van der Waals surface area contributed by atoms with E-state index in [-0.39, 0.29) is 18.9 Å². The second kappa shape index (κ2) is 11.5. The van der Waals surface area contributed by atoms with Gasteiger partial charge in [-0.3, -0.25) is 10.1 Å². The van der Waals surface area contributed by atoms with Crippen LogP contribution in [0.5, 0.6) is 0 Å². The molecule has 1 aliphatic rings. The molecule has 0 bridgehead atoms. The lowest BCUT2D eigenvalue weighted by atomic mass is 9.98. The van der Waals surface area contributed by atoms with E-state index in [1.165, 1.54) is 0 Å². The Bertz CT molecular complexity index is 942. The van der Waals surface area contributed by atoms with Crippen LogP contribution in [0.1, 0.15) is 57.1 Å². The van der Waals surface area contributed by atoms with Gasteiger partial charge in [0.05, 0.1) is 6.61 Å². The zero-order valence-electron chi connectivity index (χ0n) is 19.9. The number of aliphatic hydroxyl groups excluding tert-OH is 1. The highest BCUT2D eigenvalue weighted by molar-refractivity contribution is 5.78. The Balaban J connectivity index is 1.45. The molecule has 0 aliphatic heterocycles. The first-order chi connectivity index (χ1) is 16.2. The Morgan fingerprint density at radius 1 is 1.00 bits per heavy atom. The van der Waals surface area contributed by atoms with Gasteiger partial charge in [-0.2, -0.15) is 0 Å². The predicted molar refractivity (Wildman–Crippen MR) is 128 cm³/mol. The summed E-state index contributed by atoms with van der Waals surface area (Å²) in [6.45, 7) is 5.95. The Morgan fingerprint density at radius 2 is 1.59 bits per heavy atom.